The molecule has 4 nitrogen and oxygen atoms in total. The van der Waals surface area contributed by atoms with Crippen molar-refractivity contribution in [3.63, 3.8) is 0 Å². The Bertz CT molecular complexity index is 706. The molecule has 0 radical (unpaired) electrons. The van der Waals surface area contributed by atoms with Crippen molar-refractivity contribution in [3.05, 3.63) is 60.4 Å². The van der Waals surface area contributed by atoms with Crippen molar-refractivity contribution in [2.45, 2.75) is 13.1 Å². The van der Waals surface area contributed by atoms with Crippen LogP contribution in [0.25, 0.3) is 11.0 Å². The van der Waals surface area contributed by atoms with E-state index in [0.717, 1.165) is 28.9 Å². The summed E-state index contributed by atoms with van der Waals surface area (Å²) in [5.74, 6) is 0.859. The summed E-state index contributed by atoms with van der Waals surface area (Å²) in [6.45, 7) is 1.91. The zero-order valence-corrected chi connectivity index (χ0v) is 11.2. The molecule has 0 bridgehead atoms. The fraction of sp³-hybridized carbons (Fsp3) is 0.188. The van der Waals surface area contributed by atoms with E-state index in [1.54, 1.807) is 0 Å². The van der Waals surface area contributed by atoms with E-state index in [0.29, 0.717) is 13.2 Å². The standard InChI is InChI=1S/C16H17N3O/c17-11-13-4-3-5-14(10-13)20-9-8-19-12-18-15-6-1-2-7-16(15)19/h1-7,10,12H,8-9,11,17H2. The van der Waals surface area contributed by atoms with Crippen molar-refractivity contribution >= 4 is 11.0 Å². The van der Waals surface area contributed by atoms with Crippen LogP contribution in [-0.4, -0.2) is 16.2 Å². The molecule has 0 aliphatic carbocycles. The minimum absolute atomic E-state index is 0.531. The lowest BCUT2D eigenvalue weighted by molar-refractivity contribution is 0.300. The SMILES string of the molecule is NCc1cccc(OCCn2cnc3ccccc32)c1. The van der Waals surface area contributed by atoms with Gasteiger partial charge in [0.05, 0.1) is 23.9 Å². The Labute approximate surface area is 117 Å². The van der Waals surface area contributed by atoms with Gasteiger partial charge in [-0.2, -0.15) is 0 Å². The van der Waals surface area contributed by atoms with Gasteiger partial charge in [0.25, 0.3) is 0 Å². The van der Waals surface area contributed by atoms with E-state index >= 15 is 0 Å². The summed E-state index contributed by atoms with van der Waals surface area (Å²) in [4.78, 5) is 4.36. The molecule has 3 aromatic rings. The van der Waals surface area contributed by atoms with E-state index in [2.05, 4.69) is 15.6 Å². The number of aromatic nitrogens is 2. The van der Waals surface area contributed by atoms with Gasteiger partial charge in [-0.25, -0.2) is 4.98 Å². The molecule has 0 aliphatic rings. The van der Waals surface area contributed by atoms with Crippen LogP contribution in [0.3, 0.4) is 0 Å². The largest absolute Gasteiger partial charge is 0.492 e. The van der Waals surface area contributed by atoms with E-state index in [1.165, 1.54) is 0 Å². The molecule has 1 aromatic heterocycles. The number of ether oxygens (including phenoxy) is 1. The second-order valence-corrected chi connectivity index (χ2v) is 4.63. The lowest BCUT2D eigenvalue weighted by atomic mass is 10.2. The predicted molar refractivity (Wildman–Crippen MR) is 79.6 cm³/mol. The number of rotatable bonds is 5. The molecule has 0 aliphatic heterocycles. The van der Waals surface area contributed by atoms with Gasteiger partial charge in [-0.3, -0.25) is 0 Å². The van der Waals surface area contributed by atoms with Gasteiger partial charge in [0.1, 0.15) is 12.4 Å². The molecule has 4 heteroatoms. The van der Waals surface area contributed by atoms with Crippen LogP contribution in [0.5, 0.6) is 5.75 Å². The Balaban J connectivity index is 1.65. The molecule has 0 saturated carbocycles. The van der Waals surface area contributed by atoms with Gasteiger partial charge in [0.15, 0.2) is 0 Å². The lowest BCUT2D eigenvalue weighted by Gasteiger charge is -2.08. The molecule has 0 spiro atoms. The third-order valence-corrected chi connectivity index (χ3v) is 3.26. The molecular weight excluding hydrogens is 250 g/mol. The van der Waals surface area contributed by atoms with Crippen molar-refractivity contribution in [1.82, 2.24) is 9.55 Å². The van der Waals surface area contributed by atoms with Crippen LogP contribution < -0.4 is 10.5 Å². The first-order chi connectivity index (χ1) is 9.86. The van der Waals surface area contributed by atoms with Crippen molar-refractivity contribution in [1.29, 1.82) is 0 Å². The number of fused-ring (bicyclic) bond motifs is 1. The van der Waals surface area contributed by atoms with E-state index in [9.17, 15) is 0 Å². The number of nitrogens with two attached hydrogens (primary N) is 1. The third kappa shape index (κ3) is 2.65. The zero-order chi connectivity index (χ0) is 13.8. The van der Waals surface area contributed by atoms with Gasteiger partial charge in [-0.05, 0) is 29.8 Å². The summed E-state index contributed by atoms with van der Waals surface area (Å²) in [7, 11) is 0. The van der Waals surface area contributed by atoms with E-state index in [1.807, 2.05) is 48.8 Å². The molecule has 3 rings (SSSR count). The molecule has 102 valence electrons. The number of hydrogen-bond donors (Lipinski definition) is 1. The first-order valence-electron chi connectivity index (χ1n) is 6.68. The van der Waals surface area contributed by atoms with Gasteiger partial charge in [-0.15, -0.1) is 0 Å². The van der Waals surface area contributed by atoms with Crippen LogP contribution in [-0.2, 0) is 13.1 Å². The van der Waals surface area contributed by atoms with Crippen molar-refractivity contribution in [2.24, 2.45) is 5.73 Å². The first kappa shape index (κ1) is 12.7. The van der Waals surface area contributed by atoms with E-state index < -0.39 is 0 Å². The highest BCUT2D eigenvalue weighted by atomic mass is 16.5. The fourth-order valence-electron chi connectivity index (χ4n) is 2.21. The number of para-hydroxylation sites is 2. The third-order valence-electron chi connectivity index (χ3n) is 3.26. The van der Waals surface area contributed by atoms with Crippen LogP contribution in [0.15, 0.2) is 54.9 Å². The Hall–Kier alpha value is -2.33. The summed E-state index contributed by atoms with van der Waals surface area (Å²) in [5.41, 5.74) is 8.84. The topological polar surface area (TPSA) is 53.1 Å². The monoisotopic (exact) mass is 267 g/mol. The molecule has 0 amide bonds. The van der Waals surface area contributed by atoms with Gasteiger partial charge < -0.3 is 15.0 Å². The average Bonchev–Trinajstić information content (AvgIpc) is 2.91. The van der Waals surface area contributed by atoms with Gasteiger partial charge >= 0.3 is 0 Å². The summed E-state index contributed by atoms with van der Waals surface area (Å²) in [6.07, 6.45) is 1.85. The van der Waals surface area contributed by atoms with E-state index in [4.69, 9.17) is 10.5 Å². The number of benzene rings is 2. The Morgan fingerprint density at radius 3 is 2.90 bits per heavy atom. The van der Waals surface area contributed by atoms with Crippen LogP contribution in [0, 0.1) is 0 Å². The highest BCUT2D eigenvalue weighted by Gasteiger charge is 2.01. The fourth-order valence-corrected chi connectivity index (χ4v) is 2.21. The maximum Gasteiger partial charge on any atom is 0.119 e. The maximum absolute atomic E-state index is 5.77. The molecule has 1 heterocycles. The lowest BCUT2D eigenvalue weighted by Crippen LogP contribution is -2.07. The summed E-state index contributed by atoms with van der Waals surface area (Å²) >= 11 is 0. The van der Waals surface area contributed by atoms with Crippen molar-refractivity contribution < 1.29 is 4.74 Å². The van der Waals surface area contributed by atoms with Crippen LogP contribution in [0.2, 0.25) is 0 Å². The summed E-state index contributed by atoms with van der Waals surface area (Å²) in [6, 6.07) is 16.0. The zero-order valence-electron chi connectivity index (χ0n) is 11.2. The maximum atomic E-state index is 5.77. The Morgan fingerprint density at radius 1 is 1.10 bits per heavy atom. The van der Waals surface area contributed by atoms with Gasteiger partial charge in [0, 0.05) is 6.54 Å². The Morgan fingerprint density at radius 2 is 2.00 bits per heavy atom. The number of imidazole rings is 1. The van der Waals surface area contributed by atoms with Crippen molar-refractivity contribution in [3.8, 4) is 5.75 Å². The average molecular weight is 267 g/mol. The predicted octanol–water partition coefficient (Wildman–Crippen LogP) is 2.57. The molecular formula is C16H17N3O. The summed E-state index contributed by atoms with van der Waals surface area (Å²) < 4.78 is 7.87. The second-order valence-electron chi connectivity index (χ2n) is 4.63. The van der Waals surface area contributed by atoms with E-state index in [-0.39, 0.29) is 0 Å². The van der Waals surface area contributed by atoms with Crippen LogP contribution in [0.4, 0.5) is 0 Å². The van der Waals surface area contributed by atoms with Crippen LogP contribution in [0.1, 0.15) is 5.56 Å². The minimum Gasteiger partial charge on any atom is -0.492 e. The second kappa shape index (κ2) is 5.75. The Kier molecular flexibility index (Phi) is 3.65. The molecule has 20 heavy (non-hydrogen) atoms. The highest BCUT2D eigenvalue weighted by Crippen LogP contribution is 2.14. The molecule has 2 N–H and O–H groups in total. The molecule has 0 fully saturated rings. The van der Waals surface area contributed by atoms with Crippen molar-refractivity contribution in [2.75, 3.05) is 6.61 Å². The van der Waals surface area contributed by atoms with Gasteiger partial charge in [-0.1, -0.05) is 24.3 Å². The quantitative estimate of drug-likeness (QED) is 0.773. The van der Waals surface area contributed by atoms with Gasteiger partial charge in [0.2, 0.25) is 0 Å². The first-order valence-corrected chi connectivity index (χ1v) is 6.68. The highest BCUT2D eigenvalue weighted by molar-refractivity contribution is 5.74. The normalized spacial score (nSPS) is 10.8. The molecule has 0 saturated heterocycles. The number of nitrogens with zero attached hydrogens (tertiary/aromatic N) is 2. The van der Waals surface area contributed by atoms with Crippen LogP contribution >= 0.6 is 0 Å². The smallest absolute Gasteiger partial charge is 0.119 e. The molecule has 0 atom stereocenters. The summed E-state index contributed by atoms with van der Waals surface area (Å²) in [5, 5.41) is 0. The number of hydrogen-bond acceptors (Lipinski definition) is 3. The molecule has 2 aromatic carbocycles. The minimum atomic E-state index is 0.531. The molecule has 0 unspecified atom stereocenters.